The Kier molecular flexibility index (Phi) is 3.92. The third-order valence-electron chi connectivity index (χ3n) is 4.33. The largest absolute Gasteiger partial charge is 0.464 e. The molecule has 0 amide bonds. The highest BCUT2D eigenvalue weighted by atomic mass is 35.5. The molecule has 7 heteroatoms. The summed E-state index contributed by atoms with van der Waals surface area (Å²) in [5.74, 6) is -0.203. The Morgan fingerprint density at radius 3 is 2.84 bits per heavy atom. The van der Waals surface area contributed by atoms with E-state index < -0.39 is 11.8 Å². The third kappa shape index (κ3) is 2.98. The molecule has 25 heavy (non-hydrogen) atoms. The van der Waals surface area contributed by atoms with E-state index in [4.69, 9.17) is 16.3 Å². The van der Waals surface area contributed by atoms with Gasteiger partial charge in [-0.3, -0.25) is 0 Å². The van der Waals surface area contributed by atoms with Crippen LogP contribution in [0.1, 0.15) is 23.3 Å². The first kappa shape index (κ1) is 16.0. The molecule has 1 aromatic carbocycles. The van der Waals surface area contributed by atoms with E-state index in [1.54, 1.807) is 6.07 Å². The lowest BCUT2D eigenvalue weighted by atomic mass is 10.2. The van der Waals surface area contributed by atoms with Gasteiger partial charge in [-0.05, 0) is 43.0 Å². The average Bonchev–Trinajstić information content (AvgIpc) is 3.35. The van der Waals surface area contributed by atoms with Crippen molar-refractivity contribution in [2.24, 2.45) is 5.92 Å². The number of hydrogen-bond acceptors (Lipinski definition) is 4. The number of aromatic nitrogens is 3. The summed E-state index contributed by atoms with van der Waals surface area (Å²) in [4.78, 5) is 21.0. The Bertz CT molecular complexity index is 982. The molecular formula is C18H15ClFN3O2. The van der Waals surface area contributed by atoms with Crippen molar-refractivity contribution >= 4 is 28.6 Å². The second-order valence-corrected chi connectivity index (χ2v) is 6.57. The van der Waals surface area contributed by atoms with Crippen LogP contribution in [0.25, 0.3) is 22.4 Å². The average molecular weight is 360 g/mol. The molecule has 0 bridgehead atoms. The van der Waals surface area contributed by atoms with Gasteiger partial charge in [-0.25, -0.2) is 19.2 Å². The number of fused-ring (bicyclic) bond motifs is 1. The molecule has 5 nitrogen and oxygen atoms in total. The number of halogens is 2. The lowest BCUT2D eigenvalue weighted by molar-refractivity contribution is 0.0596. The smallest absolute Gasteiger partial charge is 0.357 e. The highest BCUT2D eigenvalue weighted by molar-refractivity contribution is 6.30. The number of rotatable bonds is 4. The molecule has 1 fully saturated rings. The van der Waals surface area contributed by atoms with Crippen LogP contribution in [0.2, 0.25) is 5.02 Å². The van der Waals surface area contributed by atoms with E-state index in [0.29, 0.717) is 22.5 Å². The fourth-order valence-corrected chi connectivity index (χ4v) is 2.93. The highest BCUT2D eigenvalue weighted by Crippen LogP contribution is 2.32. The Labute approximate surface area is 148 Å². The molecular weight excluding hydrogens is 345 g/mol. The van der Waals surface area contributed by atoms with E-state index in [-0.39, 0.29) is 16.5 Å². The quantitative estimate of drug-likeness (QED) is 0.658. The van der Waals surface area contributed by atoms with Gasteiger partial charge >= 0.3 is 5.97 Å². The number of benzene rings is 1. The molecule has 0 N–H and O–H groups in total. The van der Waals surface area contributed by atoms with Crippen molar-refractivity contribution in [2.45, 2.75) is 19.4 Å². The van der Waals surface area contributed by atoms with Crippen LogP contribution >= 0.6 is 11.6 Å². The predicted octanol–water partition coefficient (Wildman–Crippen LogP) is 4.09. The molecule has 0 atom stereocenters. The first-order chi connectivity index (χ1) is 12.1. The fraction of sp³-hybridized carbons (Fsp3) is 0.278. The van der Waals surface area contributed by atoms with Gasteiger partial charge in [-0.15, -0.1) is 0 Å². The summed E-state index contributed by atoms with van der Waals surface area (Å²) in [5.41, 5.74) is 1.27. The van der Waals surface area contributed by atoms with Crippen LogP contribution in [0, 0.1) is 11.7 Å². The first-order valence-electron chi connectivity index (χ1n) is 7.97. The van der Waals surface area contributed by atoms with E-state index in [1.165, 1.54) is 32.1 Å². The number of carbonyl (C=O) groups excluding carboxylic acids is 1. The van der Waals surface area contributed by atoms with Crippen LogP contribution < -0.4 is 0 Å². The first-order valence-corrected chi connectivity index (χ1v) is 8.35. The van der Waals surface area contributed by atoms with E-state index in [9.17, 15) is 9.18 Å². The summed E-state index contributed by atoms with van der Waals surface area (Å²) in [6.45, 7) is 0.843. The van der Waals surface area contributed by atoms with Crippen LogP contribution in [-0.4, -0.2) is 27.6 Å². The zero-order valence-electron chi connectivity index (χ0n) is 13.5. The van der Waals surface area contributed by atoms with Crippen LogP contribution in [0.3, 0.4) is 0 Å². The molecule has 1 aliphatic carbocycles. The highest BCUT2D eigenvalue weighted by Gasteiger charge is 2.24. The monoisotopic (exact) mass is 359 g/mol. The van der Waals surface area contributed by atoms with Crippen molar-refractivity contribution in [2.75, 3.05) is 7.11 Å². The minimum Gasteiger partial charge on any atom is -0.464 e. The van der Waals surface area contributed by atoms with Crippen molar-refractivity contribution in [3.8, 4) is 11.4 Å². The maximum Gasteiger partial charge on any atom is 0.357 e. The van der Waals surface area contributed by atoms with Gasteiger partial charge in [0.15, 0.2) is 11.5 Å². The minimum absolute atomic E-state index is 0.0233. The normalized spacial score (nSPS) is 14.0. The molecule has 1 saturated carbocycles. The van der Waals surface area contributed by atoms with Crippen molar-refractivity contribution in [3.05, 3.63) is 47.0 Å². The second kappa shape index (κ2) is 6.11. The van der Waals surface area contributed by atoms with Crippen molar-refractivity contribution < 1.29 is 13.9 Å². The van der Waals surface area contributed by atoms with Gasteiger partial charge in [0.05, 0.1) is 17.5 Å². The predicted molar refractivity (Wildman–Crippen MR) is 92.0 cm³/mol. The van der Waals surface area contributed by atoms with Crippen LogP contribution in [0.15, 0.2) is 30.5 Å². The molecule has 4 rings (SSSR count). The van der Waals surface area contributed by atoms with Gasteiger partial charge in [0.1, 0.15) is 11.5 Å². The Morgan fingerprint density at radius 1 is 1.36 bits per heavy atom. The number of esters is 1. The van der Waals surface area contributed by atoms with E-state index in [2.05, 4.69) is 9.97 Å². The number of carbonyl (C=O) groups is 1. The summed E-state index contributed by atoms with van der Waals surface area (Å²) in [5, 5.41) is 0.654. The Morgan fingerprint density at radius 2 is 2.16 bits per heavy atom. The summed E-state index contributed by atoms with van der Waals surface area (Å²) < 4.78 is 20.7. The Balaban J connectivity index is 1.90. The lowest BCUT2D eigenvalue weighted by Crippen LogP contribution is -2.09. The number of methoxy groups -OCH3 is 1. The zero-order chi connectivity index (χ0) is 17.6. The summed E-state index contributed by atoms with van der Waals surface area (Å²) in [6.07, 6.45) is 4.30. The maximum absolute atomic E-state index is 13.8. The van der Waals surface area contributed by atoms with Crippen molar-refractivity contribution in [3.63, 3.8) is 0 Å². The van der Waals surface area contributed by atoms with Gasteiger partial charge in [-0.2, -0.15) is 0 Å². The summed E-state index contributed by atoms with van der Waals surface area (Å²) in [7, 11) is 1.30. The number of ether oxygens (including phenoxy) is 1. The molecule has 0 spiro atoms. The zero-order valence-corrected chi connectivity index (χ0v) is 14.3. The fourth-order valence-electron chi connectivity index (χ4n) is 2.81. The van der Waals surface area contributed by atoms with Crippen LogP contribution in [0.4, 0.5) is 4.39 Å². The molecule has 0 unspecified atom stereocenters. The molecule has 0 aliphatic heterocycles. The van der Waals surface area contributed by atoms with Gasteiger partial charge in [0, 0.05) is 18.3 Å². The van der Waals surface area contributed by atoms with Crippen molar-refractivity contribution in [1.29, 1.82) is 0 Å². The van der Waals surface area contributed by atoms with E-state index in [1.807, 2.05) is 16.8 Å². The van der Waals surface area contributed by atoms with E-state index in [0.717, 1.165) is 6.54 Å². The van der Waals surface area contributed by atoms with Gasteiger partial charge < -0.3 is 9.30 Å². The Hall–Kier alpha value is -2.47. The number of nitrogens with zero attached hydrogens (tertiary/aromatic N) is 3. The van der Waals surface area contributed by atoms with Gasteiger partial charge in [0.2, 0.25) is 0 Å². The molecule has 2 aromatic heterocycles. The summed E-state index contributed by atoms with van der Waals surface area (Å²) in [6, 6.07) is 6.15. The molecule has 0 saturated heterocycles. The third-order valence-corrected chi connectivity index (χ3v) is 4.63. The standard InChI is InChI=1S/C18H15ClFN3O2/c1-25-18(24)15-12-6-7-23(9-10-2-3-10)17(12)22-16(21-15)11-4-5-13(19)14(20)8-11/h4-8,10H,2-3,9H2,1H3. The van der Waals surface area contributed by atoms with Crippen LogP contribution in [0.5, 0.6) is 0 Å². The number of hydrogen-bond donors (Lipinski definition) is 0. The summed E-state index contributed by atoms with van der Waals surface area (Å²) >= 11 is 5.75. The molecule has 1 aliphatic rings. The van der Waals surface area contributed by atoms with Crippen LogP contribution in [-0.2, 0) is 11.3 Å². The SMILES string of the molecule is COC(=O)c1nc(-c2ccc(Cl)c(F)c2)nc2c1ccn2CC1CC1. The van der Waals surface area contributed by atoms with Gasteiger partial charge in [-0.1, -0.05) is 11.6 Å². The lowest BCUT2D eigenvalue weighted by Gasteiger charge is -2.08. The minimum atomic E-state index is -0.559. The molecule has 2 heterocycles. The maximum atomic E-state index is 13.8. The van der Waals surface area contributed by atoms with Gasteiger partial charge in [0.25, 0.3) is 0 Å². The van der Waals surface area contributed by atoms with Crippen molar-refractivity contribution in [1.82, 2.24) is 14.5 Å². The second-order valence-electron chi connectivity index (χ2n) is 6.17. The molecule has 128 valence electrons. The topological polar surface area (TPSA) is 57.0 Å². The molecule has 0 radical (unpaired) electrons. The van der Waals surface area contributed by atoms with E-state index >= 15 is 0 Å². The molecule has 3 aromatic rings.